The van der Waals surface area contributed by atoms with Gasteiger partial charge in [-0.05, 0) is 47.5 Å². The SMILES string of the molecule is O=C(O)C1Cc2ccccc2CN1c1cccc(OCNc2ccc(-n3c(S)nnc3S)cc2)c1. The number of carbonyl (C=O) groups is 1. The summed E-state index contributed by atoms with van der Waals surface area (Å²) in [4.78, 5) is 13.9. The zero-order chi connectivity index (χ0) is 24.4. The first-order valence-corrected chi connectivity index (χ1v) is 11.9. The van der Waals surface area contributed by atoms with Gasteiger partial charge in [0.1, 0.15) is 11.8 Å². The van der Waals surface area contributed by atoms with Crippen LogP contribution in [0.2, 0.25) is 0 Å². The van der Waals surface area contributed by atoms with Crippen molar-refractivity contribution < 1.29 is 14.6 Å². The first-order valence-electron chi connectivity index (χ1n) is 11.0. The van der Waals surface area contributed by atoms with E-state index in [2.05, 4.69) is 40.8 Å². The van der Waals surface area contributed by atoms with E-state index in [9.17, 15) is 9.90 Å². The molecule has 8 nitrogen and oxygen atoms in total. The molecule has 0 saturated carbocycles. The predicted octanol–water partition coefficient (Wildman–Crippen LogP) is 4.31. The third-order valence-electron chi connectivity index (χ3n) is 5.95. The van der Waals surface area contributed by atoms with Gasteiger partial charge in [0.25, 0.3) is 0 Å². The average molecular weight is 506 g/mol. The Hall–Kier alpha value is -3.63. The number of nitrogens with zero attached hydrogens (tertiary/aromatic N) is 4. The molecule has 1 aliphatic rings. The zero-order valence-corrected chi connectivity index (χ0v) is 20.4. The Balaban J connectivity index is 1.25. The van der Waals surface area contributed by atoms with Crippen LogP contribution in [0.5, 0.6) is 5.75 Å². The maximum atomic E-state index is 12.0. The van der Waals surface area contributed by atoms with E-state index in [4.69, 9.17) is 4.74 Å². The molecule has 1 unspecified atom stereocenters. The number of thiol groups is 2. The third kappa shape index (κ3) is 4.94. The molecule has 5 rings (SSSR count). The molecule has 0 fully saturated rings. The van der Waals surface area contributed by atoms with E-state index >= 15 is 0 Å². The fourth-order valence-electron chi connectivity index (χ4n) is 4.20. The van der Waals surface area contributed by atoms with Gasteiger partial charge in [-0.3, -0.25) is 4.57 Å². The lowest BCUT2D eigenvalue weighted by atomic mass is 9.93. The van der Waals surface area contributed by atoms with Gasteiger partial charge in [-0.2, -0.15) is 0 Å². The van der Waals surface area contributed by atoms with Crippen molar-refractivity contribution in [3.63, 3.8) is 0 Å². The van der Waals surface area contributed by atoms with Crippen LogP contribution in [0.4, 0.5) is 11.4 Å². The molecule has 0 spiro atoms. The Labute approximate surface area is 213 Å². The molecule has 0 aliphatic carbocycles. The summed E-state index contributed by atoms with van der Waals surface area (Å²) >= 11 is 8.60. The van der Waals surface area contributed by atoms with Crippen LogP contribution in [-0.2, 0) is 17.8 Å². The maximum Gasteiger partial charge on any atom is 0.326 e. The highest BCUT2D eigenvalue weighted by Gasteiger charge is 2.31. The molecule has 1 atom stereocenters. The molecule has 0 saturated heterocycles. The fraction of sp³-hybridized carbons (Fsp3) is 0.160. The Morgan fingerprint density at radius 3 is 2.40 bits per heavy atom. The van der Waals surface area contributed by atoms with E-state index in [1.165, 1.54) is 0 Å². The highest BCUT2D eigenvalue weighted by atomic mass is 32.1. The van der Waals surface area contributed by atoms with Crippen LogP contribution in [-0.4, -0.2) is 38.6 Å². The maximum absolute atomic E-state index is 12.0. The largest absolute Gasteiger partial charge is 0.480 e. The minimum Gasteiger partial charge on any atom is -0.480 e. The van der Waals surface area contributed by atoms with Crippen LogP contribution in [0.25, 0.3) is 5.69 Å². The highest BCUT2D eigenvalue weighted by molar-refractivity contribution is 7.80. The van der Waals surface area contributed by atoms with Crippen molar-refractivity contribution in [1.29, 1.82) is 0 Å². The number of hydrogen-bond donors (Lipinski definition) is 4. The molecule has 3 aromatic carbocycles. The monoisotopic (exact) mass is 505 g/mol. The molecule has 1 aromatic heterocycles. The van der Waals surface area contributed by atoms with Crippen LogP contribution in [0.3, 0.4) is 0 Å². The van der Waals surface area contributed by atoms with Crippen molar-refractivity contribution in [1.82, 2.24) is 14.8 Å². The summed E-state index contributed by atoms with van der Waals surface area (Å²) in [7, 11) is 0. The third-order valence-corrected chi connectivity index (χ3v) is 6.53. The Morgan fingerprint density at radius 2 is 1.69 bits per heavy atom. The number of hydrogen-bond acceptors (Lipinski definition) is 8. The van der Waals surface area contributed by atoms with Gasteiger partial charge >= 0.3 is 5.97 Å². The molecule has 1 aliphatic heterocycles. The Kier molecular flexibility index (Phi) is 6.56. The van der Waals surface area contributed by atoms with Gasteiger partial charge < -0.3 is 20.1 Å². The molecular weight excluding hydrogens is 482 g/mol. The van der Waals surface area contributed by atoms with E-state index < -0.39 is 12.0 Å². The lowest BCUT2D eigenvalue weighted by Gasteiger charge is -2.36. The summed E-state index contributed by atoms with van der Waals surface area (Å²) in [6, 6.07) is 22.5. The van der Waals surface area contributed by atoms with Crippen LogP contribution in [0.1, 0.15) is 11.1 Å². The average Bonchev–Trinajstić information content (AvgIpc) is 3.21. The minimum absolute atomic E-state index is 0.246. The van der Waals surface area contributed by atoms with Crippen molar-refractivity contribution >= 4 is 42.6 Å². The van der Waals surface area contributed by atoms with Gasteiger partial charge in [0.05, 0.1) is 5.69 Å². The Morgan fingerprint density at radius 1 is 0.971 bits per heavy atom. The molecule has 0 amide bonds. The van der Waals surface area contributed by atoms with Crippen LogP contribution >= 0.6 is 25.3 Å². The van der Waals surface area contributed by atoms with Crippen molar-refractivity contribution in [3.8, 4) is 11.4 Å². The number of nitrogens with one attached hydrogen (secondary N) is 1. The summed E-state index contributed by atoms with van der Waals surface area (Å²) in [5.74, 6) is -0.184. The van der Waals surface area contributed by atoms with E-state index in [1.54, 1.807) is 4.57 Å². The molecule has 2 N–H and O–H groups in total. The van der Waals surface area contributed by atoms with E-state index in [-0.39, 0.29) is 6.73 Å². The predicted molar refractivity (Wildman–Crippen MR) is 139 cm³/mol. The lowest BCUT2D eigenvalue weighted by molar-refractivity contribution is -0.138. The number of fused-ring (bicyclic) bond motifs is 1. The second-order valence-electron chi connectivity index (χ2n) is 8.10. The number of carboxylic acids is 1. The molecule has 0 radical (unpaired) electrons. The van der Waals surface area contributed by atoms with E-state index in [1.807, 2.05) is 77.7 Å². The number of rotatable bonds is 7. The van der Waals surface area contributed by atoms with Crippen molar-refractivity contribution in [2.75, 3.05) is 16.9 Å². The number of benzene rings is 3. The topological polar surface area (TPSA) is 92.5 Å². The van der Waals surface area contributed by atoms with E-state index in [0.29, 0.717) is 29.0 Å². The number of ether oxygens (including phenoxy) is 1. The first kappa shape index (κ1) is 23.1. The summed E-state index contributed by atoms with van der Waals surface area (Å²) in [5, 5.41) is 21.8. The van der Waals surface area contributed by atoms with E-state index in [0.717, 1.165) is 28.2 Å². The zero-order valence-electron chi connectivity index (χ0n) is 18.6. The lowest BCUT2D eigenvalue weighted by Crippen LogP contribution is -2.45. The van der Waals surface area contributed by atoms with Gasteiger partial charge in [-0.15, -0.1) is 35.5 Å². The Bertz CT molecular complexity index is 1340. The number of carboxylic acid groups (broad SMARTS) is 1. The summed E-state index contributed by atoms with van der Waals surface area (Å²) < 4.78 is 7.64. The number of anilines is 2. The van der Waals surface area contributed by atoms with Gasteiger partial charge in [0.15, 0.2) is 17.0 Å². The fourth-order valence-corrected chi connectivity index (χ4v) is 4.79. The van der Waals surface area contributed by atoms with Crippen molar-refractivity contribution in [3.05, 3.63) is 83.9 Å². The first-order chi connectivity index (χ1) is 17.0. The molecular formula is C25H23N5O3S2. The molecule has 0 bridgehead atoms. The normalized spacial score (nSPS) is 14.9. The molecule has 10 heteroatoms. The van der Waals surface area contributed by atoms with Gasteiger partial charge in [0, 0.05) is 30.4 Å². The van der Waals surface area contributed by atoms with Crippen molar-refractivity contribution in [2.45, 2.75) is 29.3 Å². The molecule has 4 aromatic rings. The molecule has 2 heterocycles. The van der Waals surface area contributed by atoms with Crippen LogP contribution in [0.15, 0.2) is 83.1 Å². The van der Waals surface area contributed by atoms with Crippen molar-refractivity contribution in [2.24, 2.45) is 0 Å². The summed E-state index contributed by atoms with van der Waals surface area (Å²) in [5.41, 5.74) is 4.76. The smallest absolute Gasteiger partial charge is 0.326 e. The second kappa shape index (κ2) is 9.93. The standard InChI is InChI=1S/C25H23N5O3S2/c31-23(32)22-12-16-4-1-2-5-17(16)14-29(22)20-6-3-7-21(13-20)33-15-26-18-8-10-19(11-9-18)30-24(34)27-28-25(30)35/h1-11,13,22,26H,12,14-15H2,(H,27,34)(H,28,35)(H,31,32). The number of aromatic nitrogens is 3. The van der Waals surface area contributed by atoms with Crippen LogP contribution < -0.4 is 15.0 Å². The summed E-state index contributed by atoms with van der Waals surface area (Å²) in [6.07, 6.45) is 0.465. The molecule has 178 valence electrons. The van der Waals surface area contributed by atoms with Gasteiger partial charge in [-0.1, -0.05) is 30.3 Å². The number of aliphatic carboxylic acids is 1. The molecule has 35 heavy (non-hydrogen) atoms. The minimum atomic E-state index is -0.836. The van der Waals surface area contributed by atoms with Gasteiger partial charge in [-0.25, -0.2) is 4.79 Å². The quantitative estimate of drug-likeness (QED) is 0.220. The van der Waals surface area contributed by atoms with Crippen LogP contribution in [0, 0.1) is 0 Å². The second-order valence-corrected chi connectivity index (χ2v) is 8.90. The summed E-state index contributed by atoms with van der Waals surface area (Å²) in [6.45, 7) is 0.784. The highest BCUT2D eigenvalue weighted by Crippen LogP contribution is 2.31. The van der Waals surface area contributed by atoms with Gasteiger partial charge in [0.2, 0.25) is 0 Å².